The summed E-state index contributed by atoms with van der Waals surface area (Å²) in [6.45, 7) is 2.27. The third-order valence-electron chi connectivity index (χ3n) is 1.71. The van der Waals surface area contributed by atoms with Crippen molar-refractivity contribution in [2.45, 2.75) is 51.5 Å². The Bertz CT molecular complexity index is 42.5. The van der Waals surface area contributed by atoms with Crippen molar-refractivity contribution in [1.29, 1.82) is 0 Å². The molecule has 0 aliphatic carbocycles. The number of hydrogen-bond donors (Lipinski definition) is 0. The summed E-state index contributed by atoms with van der Waals surface area (Å²) >= 11 is 0. The lowest BCUT2D eigenvalue weighted by Crippen LogP contribution is -1.77. The van der Waals surface area contributed by atoms with E-state index in [9.17, 15) is 0 Å². The molecule has 0 heterocycles. The quantitative estimate of drug-likeness (QED) is 0.416. The average Bonchev–Trinajstić information content (AvgIpc) is 1.89. The van der Waals surface area contributed by atoms with Crippen molar-refractivity contribution in [1.82, 2.24) is 0 Å². The van der Waals surface area contributed by atoms with Crippen LogP contribution in [0.1, 0.15) is 45.4 Å². The number of rotatable bonds is 6. The maximum atomic E-state index is 2.27. The van der Waals surface area contributed by atoms with Crippen LogP contribution in [-0.4, -0.2) is 15.7 Å². The van der Waals surface area contributed by atoms with Gasteiger partial charge in [-0.3, -0.25) is 0 Å². The maximum Gasteiger partial charge on any atom is 0.00279 e. The van der Waals surface area contributed by atoms with Gasteiger partial charge in [-0.05, 0) is 0 Å². The van der Waals surface area contributed by atoms with Crippen molar-refractivity contribution in [3.63, 3.8) is 0 Å². The van der Waals surface area contributed by atoms with E-state index in [0.717, 1.165) is 0 Å². The summed E-state index contributed by atoms with van der Waals surface area (Å²) in [6.07, 6.45) is 8.76. The SMILES string of the molecule is CCCCCCCC[SiH3].O. The molecule has 0 amide bonds. The average molecular weight is 162 g/mol. The number of unbranched alkanes of at least 4 members (excludes halogenated alkanes) is 5. The molecule has 64 valence electrons. The van der Waals surface area contributed by atoms with Gasteiger partial charge in [-0.25, -0.2) is 0 Å². The molecule has 0 fully saturated rings. The summed E-state index contributed by atoms with van der Waals surface area (Å²) in [5.74, 6) is 0. The lowest BCUT2D eigenvalue weighted by molar-refractivity contribution is 0.624. The minimum absolute atomic E-state index is 0. The lowest BCUT2D eigenvalue weighted by Gasteiger charge is -1.96. The van der Waals surface area contributed by atoms with E-state index in [1.54, 1.807) is 0 Å². The van der Waals surface area contributed by atoms with E-state index < -0.39 is 0 Å². The van der Waals surface area contributed by atoms with Crippen LogP contribution in [0.2, 0.25) is 6.04 Å². The summed E-state index contributed by atoms with van der Waals surface area (Å²) in [5.41, 5.74) is 0. The zero-order chi connectivity index (χ0) is 6.95. The molecule has 0 rings (SSSR count). The summed E-state index contributed by atoms with van der Waals surface area (Å²) in [5, 5.41) is 0. The molecule has 0 aromatic carbocycles. The first-order chi connectivity index (χ1) is 4.41. The molecule has 0 atom stereocenters. The van der Waals surface area contributed by atoms with Gasteiger partial charge in [0.1, 0.15) is 0 Å². The Hall–Kier alpha value is 0.177. The van der Waals surface area contributed by atoms with E-state index in [2.05, 4.69) is 6.92 Å². The Morgan fingerprint density at radius 2 is 1.40 bits per heavy atom. The molecule has 2 heteroatoms. The lowest BCUT2D eigenvalue weighted by atomic mass is 10.1. The fourth-order valence-corrected chi connectivity index (χ4v) is 1.53. The predicted octanol–water partition coefficient (Wildman–Crippen LogP) is 1.31. The van der Waals surface area contributed by atoms with E-state index in [1.165, 1.54) is 54.8 Å². The standard InChI is InChI=1S/C8H20Si.H2O/c1-2-3-4-5-6-7-8-9;/h2-8H2,1,9H3;1H2. The first-order valence-corrected chi connectivity index (χ1v) is 5.83. The molecule has 0 aliphatic heterocycles. The molecule has 0 radical (unpaired) electrons. The molecule has 0 saturated heterocycles. The first kappa shape index (κ1) is 12.8. The third kappa shape index (κ3) is 11.0. The van der Waals surface area contributed by atoms with Crippen LogP contribution in [0.4, 0.5) is 0 Å². The molecule has 0 aliphatic rings. The van der Waals surface area contributed by atoms with Gasteiger partial charge in [0.25, 0.3) is 0 Å². The molecule has 0 bridgehead atoms. The minimum Gasteiger partial charge on any atom is -0.412 e. The monoisotopic (exact) mass is 162 g/mol. The van der Waals surface area contributed by atoms with Crippen LogP contribution in [0.5, 0.6) is 0 Å². The van der Waals surface area contributed by atoms with Gasteiger partial charge in [0, 0.05) is 10.2 Å². The van der Waals surface area contributed by atoms with Gasteiger partial charge >= 0.3 is 0 Å². The van der Waals surface area contributed by atoms with Gasteiger partial charge in [-0.15, -0.1) is 0 Å². The smallest absolute Gasteiger partial charge is 0.00279 e. The molecule has 0 spiro atoms. The van der Waals surface area contributed by atoms with Crippen LogP contribution >= 0.6 is 0 Å². The van der Waals surface area contributed by atoms with Crippen molar-refractivity contribution in [3.8, 4) is 0 Å². The van der Waals surface area contributed by atoms with Gasteiger partial charge in [0.15, 0.2) is 0 Å². The van der Waals surface area contributed by atoms with Gasteiger partial charge in [-0.2, -0.15) is 0 Å². The van der Waals surface area contributed by atoms with E-state index in [1.807, 2.05) is 0 Å². The Labute approximate surface area is 67.9 Å². The second kappa shape index (κ2) is 11.9. The normalized spacial score (nSPS) is 9.30. The topological polar surface area (TPSA) is 31.5 Å². The highest BCUT2D eigenvalue weighted by Gasteiger charge is 1.85. The molecule has 0 unspecified atom stereocenters. The molecule has 1 nitrogen and oxygen atoms in total. The van der Waals surface area contributed by atoms with Crippen molar-refractivity contribution in [3.05, 3.63) is 0 Å². The molecular weight excluding hydrogens is 140 g/mol. The Balaban J connectivity index is 0. The highest BCUT2D eigenvalue weighted by Crippen LogP contribution is 2.05. The van der Waals surface area contributed by atoms with Crippen LogP contribution in [0.25, 0.3) is 0 Å². The second-order valence-electron chi connectivity index (χ2n) is 2.77. The molecule has 10 heavy (non-hydrogen) atoms. The molecule has 0 saturated carbocycles. The van der Waals surface area contributed by atoms with E-state index >= 15 is 0 Å². The summed E-state index contributed by atoms with van der Waals surface area (Å²) in [4.78, 5) is 0. The highest BCUT2D eigenvalue weighted by atomic mass is 28.1. The van der Waals surface area contributed by atoms with Crippen LogP contribution in [0.3, 0.4) is 0 Å². The van der Waals surface area contributed by atoms with Crippen molar-refractivity contribution in [2.75, 3.05) is 0 Å². The van der Waals surface area contributed by atoms with Gasteiger partial charge in [0.2, 0.25) is 0 Å². The molecule has 2 N–H and O–H groups in total. The molecule has 0 aromatic heterocycles. The van der Waals surface area contributed by atoms with Crippen molar-refractivity contribution in [2.24, 2.45) is 0 Å². The van der Waals surface area contributed by atoms with Crippen molar-refractivity contribution >= 4 is 10.2 Å². The summed E-state index contributed by atoms with van der Waals surface area (Å²) in [7, 11) is 1.41. The van der Waals surface area contributed by atoms with Crippen LogP contribution < -0.4 is 0 Å². The van der Waals surface area contributed by atoms with Crippen molar-refractivity contribution < 1.29 is 5.48 Å². The van der Waals surface area contributed by atoms with Crippen LogP contribution in [0, 0.1) is 0 Å². The van der Waals surface area contributed by atoms with Crippen LogP contribution in [-0.2, 0) is 0 Å². The zero-order valence-electron chi connectivity index (χ0n) is 7.45. The zero-order valence-corrected chi connectivity index (χ0v) is 9.45. The first-order valence-electron chi connectivity index (χ1n) is 4.41. The maximum absolute atomic E-state index is 2.27. The summed E-state index contributed by atoms with van der Waals surface area (Å²) < 4.78 is 0. The second-order valence-corrected chi connectivity index (χ2v) is 3.77. The Morgan fingerprint density at radius 3 is 1.90 bits per heavy atom. The van der Waals surface area contributed by atoms with Gasteiger partial charge < -0.3 is 5.48 Å². The largest absolute Gasteiger partial charge is 0.412 e. The van der Waals surface area contributed by atoms with E-state index in [-0.39, 0.29) is 5.48 Å². The highest BCUT2D eigenvalue weighted by molar-refractivity contribution is 6.08. The third-order valence-corrected chi connectivity index (χ3v) is 2.41. The minimum atomic E-state index is 0. The molecule has 0 aromatic rings. The van der Waals surface area contributed by atoms with Crippen LogP contribution in [0.15, 0.2) is 0 Å². The van der Waals surface area contributed by atoms with E-state index in [0.29, 0.717) is 0 Å². The Kier molecular flexibility index (Phi) is 15.3. The Morgan fingerprint density at radius 1 is 0.900 bits per heavy atom. The summed E-state index contributed by atoms with van der Waals surface area (Å²) in [6, 6.07) is 1.51. The fourth-order valence-electron chi connectivity index (χ4n) is 1.03. The molecular formula is C8H22OSi. The van der Waals surface area contributed by atoms with Gasteiger partial charge in [0.05, 0.1) is 0 Å². The van der Waals surface area contributed by atoms with Gasteiger partial charge in [-0.1, -0.05) is 51.5 Å². The van der Waals surface area contributed by atoms with E-state index in [4.69, 9.17) is 0 Å². The number of hydrogen-bond acceptors (Lipinski definition) is 0. The fraction of sp³-hybridized carbons (Fsp3) is 1.00. The predicted molar refractivity (Wildman–Crippen MR) is 51.7 cm³/mol.